The zero-order valence-electron chi connectivity index (χ0n) is 14.1. The smallest absolute Gasteiger partial charge is 0.317 e. The molecule has 0 aliphatic carbocycles. The van der Waals surface area contributed by atoms with Crippen LogP contribution < -0.4 is 10.1 Å². The number of rotatable bonds is 6. The molecule has 1 aromatic rings. The van der Waals surface area contributed by atoms with Crippen LogP contribution in [0.15, 0.2) is 24.3 Å². The molecule has 2 rings (SSSR count). The van der Waals surface area contributed by atoms with Gasteiger partial charge in [0.05, 0.1) is 6.61 Å². The van der Waals surface area contributed by atoms with Gasteiger partial charge in [0, 0.05) is 37.2 Å². The van der Waals surface area contributed by atoms with Gasteiger partial charge in [0.1, 0.15) is 12.4 Å². The standard InChI is InChI=1S/C17H26N2O3S/c1-17(2)13-19(8-11-23-17)16(20)18-12-14-4-6-15(7-5-14)22-10-9-21-3/h4-7H,8-13H2,1-3H3,(H,18,20). The fourth-order valence-electron chi connectivity index (χ4n) is 2.43. The Morgan fingerprint density at radius 1 is 1.30 bits per heavy atom. The molecule has 0 spiro atoms. The van der Waals surface area contributed by atoms with Gasteiger partial charge in [0.15, 0.2) is 0 Å². The Labute approximate surface area is 142 Å². The molecule has 5 nitrogen and oxygen atoms in total. The second-order valence-electron chi connectivity index (χ2n) is 6.17. The summed E-state index contributed by atoms with van der Waals surface area (Å²) in [5.41, 5.74) is 1.06. The fourth-order valence-corrected chi connectivity index (χ4v) is 3.54. The summed E-state index contributed by atoms with van der Waals surface area (Å²) in [5.74, 6) is 1.81. The minimum atomic E-state index is 0.0128. The summed E-state index contributed by atoms with van der Waals surface area (Å²) in [6.07, 6.45) is 0. The normalized spacial score (nSPS) is 16.9. The van der Waals surface area contributed by atoms with Gasteiger partial charge in [-0.2, -0.15) is 11.8 Å². The molecule has 1 aliphatic rings. The van der Waals surface area contributed by atoms with Crippen molar-refractivity contribution >= 4 is 17.8 Å². The van der Waals surface area contributed by atoms with E-state index >= 15 is 0 Å². The van der Waals surface area contributed by atoms with Crippen molar-refractivity contribution in [3.63, 3.8) is 0 Å². The van der Waals surface area contributed by atoms with Crippen molar-refractivity contribution in [3.8, 4) is 5.75 Å². The molecule has 23 heavy (non-hydrogen) atoms. The predicted molar refractivity (Wildman–Crippen MR) is 94.2 cm³/mol. The first-order valence-corrected chi connectivity index (χ1v) is 8.86. The fraction of sp³-hybridized carbons (Fsp3) is 0.588. The van der Waals surface area contributed by atoms with Crippen LogP contribution in [0.5, 0.6) is 5.75 Å². The van der Waals surface area contributed by atoms with E-state index in [1.807, 2.05) is 40.9 Å². The molecule has 0 atom stereocenters. The van der Waals surface area contributed by atoms with Gasteiger partial charge in [-0.3, -0.25) is 0 Å². The number of benzene rings is 1. The van der Waals surface area contributed by atoms with E-state index in [0.717, 1.165) is 30.2 Å². The number of hydrogen-bond acceptors (Lipinski definition) is 4. The first kappa shape index (κ1) is 17.9. The van der Waals surface area contributed by atoms with Crippen LogP contribution in [-0.4, -0.2) is 54.8 Å². The third kappa shape index (κ3) is 5.95. The molecule has 0 unspecified atom stereocenters. The van der Waals surface area contributed by atoms with E-state index in [4.69, 9.17) is 9.47 Å². The Hall–Kier alpha value is -1.40. The van der Waals surface area contributed by atoms with Crippen LogP contribution in [0.2, 0.25) is 0 Å². The molecule has 0 saturated carbocycles. The number of urea groups is 1. The average molecular weight is 338 g/mol. The van der Waals surface area contributed by atoms with Gasteiger partial charge < -0.3 is 19.7 Å². The third-order valence-corrected chi connectivity index (χ3v) is 4.93. The molecule has 1 aliphatic heterocycles. The minimum Gasteiger partial charge on any atom is -0.491 e. The quantitative estimate of drug-likeness (QED) is 0.811. The summed E-state index contributed by atoms with van der Waals surface area (Å²) in [4.78, 5) is 14.2. The minimum absolute atomic E-state index is 0.0128. The lowest BCUT2D eigenvalue weighted by atomic mass is 10.2. The number of carbonyl (C=O) groups is 1. The van der Waals surface area contributed by atoms with Crippen LogP contribution in [-0.2, 0) is 11.3 Å². The number of nitrogens with zero attached hydrogens (tertiary/aromatic N) is 1. The van der Waals surface area contributed by atoms with Crippen molar-refractivity contribution < 1.29 is 14.3 Å². The molecule has 128 valence electrons. The van der Waals surface area contributed by atoms with Gasteiger partial charge in [-0.15, -0.1) is 0 Å². The number of hydrogen-bond donors (Lipinski definition) is 1. The molecule has 1 saturated heterocycles. The zero-order chi connectivity index (χ0) is 16.7. The lowest BCUT2D eigenvalue weighted by Gasteiger charge is -2.37. The van der Waals surface area contributed by atoms with E-state index in [0.29, 0.717) is 19.8 Å². The van der Waals surface area contributed by atoms with E-state index in [1.54, 1.807) is 7.11 Å². The van der Waals surface area contributed by atoms with Crippen molar-refractivity contribution in [1.82, 2.24) is 10.2 Å². The highest BCUT2D eigenvalue weighted by molar-refractivity contribution is 8.00. The first-order chi connectivity index (χ1) is 11.0. The van der Waals surface area contributed by atoms with Crippen molar-refractivity contribution in [2.24, 2.45) is 0 Å². The maximum atomic E-state index is 12.3. The van der Waals surface area contributed by atoms with E-state index in [-0.39, 0.29) is 10.8 Å². The molecule has 1 heterocycles. The van der Waals surface area contributed by atoms with Crippen LogP contribution >= 0.6 is 11.8 Å². The van der Waals surface area contributed by atoms with E-state index in [9.17, 15) is 4.79 Å². The second kappa shape index (κ2) is 8.45. The van der Waals surface area contributed by atoms with E-state index in [2.05, 4.69) is 19.2 Å². The summed E-state index contributed by atoms with van der Waals surface area (Å²) in [7, 11) is 1.65. The summed E-state index contributed by atoms with van der Waals surface area (Å²) in [6.45, 7) is 7.60. The number of amides is 2. The van der Waals surface area contributed by atoms with Crippen molar-refractivity contribution in [2.75, 3.05) is 39.2 Å². The lowest BCUT2D eigenvalue weighted by Crippen LogP contribution is -2.49. The largest absolute Gasteiger partial charge is 0.491 e. The molecule has 1 aromatic carbocycles. The molecular formula is C17H26N2O3S. The number of carbonyl (C=O) groups excluding carboxylic acids is 1. The van der Waals surface area contributed by atoms with Gasteiger partial charge in [-0.25, -0.2) is 4.79 Å². The maximum absolute atomic E-state index is 12.3. The number of nitrogens with one attached hydrogen (secondary N) is 1. The van der Waals surface area contributed by atoms with Crippen LogP contribution in [0.4, 0.5) is 4.79 Å². The van der Waals surface area contributed by atoms with Crippen molar-refractivity contribution in [3.05, 3.63) is 29.8 Å². The van der Waals surface area contributed by atoms with E-state index < -0.39 is 0 Å². The third-order valence-electron chi connectivity index (χ3n) is 3.64. The summed E-state index contributed by atoms with van der Waals surface area (Å²) in [5, 5.41) is 3.00. The van der Waals surface area contributed by atoms with Gasteiger partial charge >= 0.3 is 6.03 Å². The Kier molecular flexibility index (Phi) is 6.59. The van der Waals surface area contributed by atoms with Crippen LogP contribution in [0, 0.1) is 0 Å². The Morgan fingerprint density at radius 3 is 2.70 bits per heavy atom. The second-order valence-corrected chi connectivity index (χ2v) is 7.98. The van der Waals surface area contributed by atoms with Crippen LogP contribution in [0.1, 0.15) is 19.4 Å². The Bertz CT molecular complexity index is 505. The summed E-state index contributed by atoms with van der Waals surface area (Å²) < 4.78 is 10.6. The summed E-state index contributed by atoms with van der Waals surface area (Å²) >= 11 is 1.92. The number of thioether (sulfide) groups is 1. The molecule has 1 fully saturated rings. The van der Waals surface area contributed by atoms with Crippen molar-refractivity contribution in [2.45, 2.75) is 25.1 Å². The maximum Gasteiger partial charge on any atom is 0.317 e. The monoisotopic (exact) mass is 338 g/mol. The SMILES string of the molecule is COCCOc1ccc(CNC(=O)N2CCSC(C)(C)C2)cc1. The van der Waals surface area contributed by atoms with E-state index in [1.165, 1.54) is 0 Å². The number of methoxy groups -OCH3 is 1. The topological polar surface area (TPSA) is 50.8 Å². The van der Waals surface area contributed by atoms with Gasteiger partial charge in [-0.1, -0.05) is 12.1 Å². The van der Waals surface area contributed by atoms with Gasteiger partial charge in [0.25, 0.3) is 0 Å². The average Bonchev–Trinajstić information content (AvgIpc) is 2.53. The van der Waals surface area contributed by atoms with Crippen LogP contribution in [0.25, 0.3) is 0 Å². The molecular weight excluding hydrogens is 312 g/mol. The predicted octanol–water partition coefficient (Wildman–Crippen LogP) is 2.75. The molecule has 6 heteroatoms. The summed E-state index contributed by atoms with van der Waals surface area (Å²) in [6, 6.07) is 7.78. The van der Waals surface area contributed by atoms with Crippen molar-refractivity contribution in [1.29, 1.82) is 0 Å². The molecule has 0 bridgehead atoms. The Balaban J connectivity index is 1.77. The first-order valence-electron chi connectivity index (χ1n) is 7.87. The Morgan fingerprint density at radius 2 is 2.04 bits per heavy atom. The highest BCUT2D eigenvalue weighted by Crippen LogP contribution is 2.29. The molecule has 0 radical (unpaired) electrons. The number of ether oxygens (including phenoxy) is 2. The highest BCUT2D eigenvalue weighted by atomic mass is 32.2. The van der Waals surface area contributed by atoms with Gasteiger partial charge in [-0.05, 0) is 31.5 Å². The molecule has 0 aromatic heterocycles. The molecule has 1 N–H and O–H groups in total. The molecule has 2 amide bonds. The van der Waals surface area contributed by atoms with Crippen LogP contribution in [0.3, 0.4) is 0 Å². The highest BCUT2D eigenvalue weighted by Gasteiger charge is 2.29. The zero-order valence-corrected chi connectivity index (χ0v) is 14.9. The van der Waals surface area contributed by atoms with Gasteiger partial charge in [0.2, 0.25) is 0 Å². The lowest BCUT2D eigenvalue weighted by molar-refractivity contribution is 0.146.